The van der Waals surface area contributed by atoms with Crippen LogP contribution in [0.1, 0.15) is 16.7 Å². The number of hydrogen-bond acceptors (Lipinski definition) is 2. The first-order chi connectivity index (χ1) is 25.7. The molecule has 0 heterocycles. The predicted octanol–water partition coefficient (Wildman–Crippen LogP) is 13.8. The summed E-state index contributed by atoms with van der Waals surface area (Å²) in [6.07, 6.45) is 0.886. The highest BCUT2D eigenvalue weighted by Crippen LogP contribution is 2.45. The van der Waals surface area contributed by atoms with Crippen molar-refractivity contribution in [1.29, 1.82) is 0 Å². The van der Waals surface area contributed by atoms with Gasteiger partial charge in [-0.3, -0.25) is 0 Å². The zero-order valence-electron chi connectivity index (χ0n) is 29.2. The molecule has 0 spiro atoms. The number of anilines is 6. The summed E-state index contributed by atoms with van der Waals surface area (Å²) in [4.78, 5) is 4.74. The molecular formula is C50H38N2. The van der Waals surface area contributed by atoms with E-state index >= 15 is 0 Å². The Morgan fingerprint density at radius 1 is 0.308 bits per heavy atom. The smallest absolute Gasteiger partial charge is 0.0464 e. The maximum Gasteiger partial charge on any atom is 0.0464 e. The van der Waals surface area contributed by atoms with Crippen LogP contribution in [0, 0.1) is 6.92 Å². The molecule has 0 saturated carbocycles. The van der Waals surface area contributed by atoms with E-state index in [4.69, 9.17) is 0 Å². The monoisotopic (exact) mass is 666 g/mol. The van der Waals surface area contributed by atoms with E-state index in [1.54, 1.807) is 0 Å². The Labute approximate surface area is 306 Å². The van der Waals surface area contributed by atoms with Crippen LogP contribution in [0.5, 0.6) is 0 Å². The van der Waals surface area contributed by atoms with Gasteiger partial charge in [0.05, 0.1) is 0 Å². The van der Waals surface area contributed by atoms with Crippen LogP contribution in [0.4, 0.5) is 34.1 Å². The number of aryl methyl sites for hydroxylation is 1. The lowest BCUT2D eigenvalue weighted by molar-refractivity contribution is 1.22. The quantitative estimate of drug-likeness (QED) is 0.159. The molecule has 52 heavy (non-hydrogen) atoms. The highest BCUT2D eigenvalue weighted by atomic mass is 15.1. The average molecular weight is 667 g/mol. The third-order valence-electron chi connectivity index (χ3n) is 10.1. The molecule has 0 radical (unpaired) electrons. The third kappa shape index (κ3) is 6.05. The van der Waals surface area contributed by atoms with E-state index < -0.39 is 0 Å². The molecule has 0 saturated heterocycles. The first kappa shape index (κ1) is 31.3. The van der Waals surface area contributed by atoms with Gasteiger partial charge in [0.25, 0.3) is 0 Å². The molecule has 0 fully saturated rings. The Kier molecular flexibility index (Phi) is 8.19. The molecule has 2 heteroatoms. The van der Waals surface area contributed by atoms with Gasteiger partial charge >= 0.3 is 0 Å². The minimum absolute atomic E-state index is 0.886. The third-order valence-corrected chi connectivity index (χ3v) is 10.1. The SMILES string of the molecule is Cc1ccc(N(c2ccc(-c3ccccc3)cc2)c2ccc3c(c2)Cc2cc(N(c4ccccc4)c4ccc(-c5ccccc5)cc4)ccc2-3)cc1. The maximum atomic E-state index is 2.39. The molecule has 0 aromatic heterocycles. The van der Waals surface area contributed by atoms with Crippen LogP contribution < -0.4 is 9.80 Å². The van der Waals surface area contributed by atoms with Gasteiger partial charge in [-0.05, 0) is 131 Å². The Morgan fingerprint density at radius 3 is 1.06 bits per heavy atom. The van der Waals surface area contributed by atoms with Crippen LogP contribution in [0.2, 0.25) is 0 Å². The van der Waals surface area contributed by atoms with Crippen molar-refractivity contribution in [2.24, 2.45) is 0 Å². The van der Waals surface area contributed by atoms with Crippen molar-refractivity contribution in [2.75, 3.05) is 9.80 Å². The fourth-order valence-electron chi connectivity index (χ4n) is 7.49. The highest BCUT2D eigenvalue weighted by molar-refractivity contribution is 5.86. The van der Waals surface area contributed by atoms with E-state index in [2.05, 4.69) is 217 Å². The second-order valence-electron chi connectivity index (χ2n) is 13.5. The standard InChI is InChI=1S/C50H38N2/c1-36-17-23-44(24-18-36)52(46-27-21-40(22-28-46)38-13-7-3-8-14-38)48-30-32-50-42(35-48)33-41-34-47(29-31-49(41)50)51(43-15-9-4-10-16-43)45-25-19-39(20-26-45)37-11-5-2-6-12-37/h2-32,34-35H,33H2,1H3. The normalized spacial score (nSPS) is 11.5. The molecule has 0 aliphatic heterocycles. The lowest BCUT2D eigenvalue weighted by Gasteiger charge is -2.26. The topological polar surface area (TPSA) is 6.48 Å². The van der Waals surface area contributed by atoms with E-state index in [1.807, 2.05) is 0 Å². The number of para-hydroxylation sites is 1. The summed E-state index contributed by atoms with van der Waals surface area (Å²) in [5, 5.41) is 0. The molecular weight excluding hydrogens is 629 g/mol. The number of rotatable bonds is 8. The second kappa shape index (κ2) is 13.6. The Hall–Kier alpha value is -6.64. The van der Waals surface area contributed by atoms with Crippen LogP contribution in [-0.4, -0.2) is 0 Å². The first-order valence-corrected chi connectivity index (χ1v) is 18.0. The molecule has 1 aliphatic rings. The lowest BCUT2D eigenvalue weighted by atomic mass is 10.0. The number of hydrogen-bond donors (Lipinski definition) is 0. The highest BCUT2D eigenvalue weighted by Gasteiger charge is 2.23. The van der Waals surface area contributed by atoms with Crippen LogP contribution in [-0.2, 0) is 6.42 Å². The van der Waals surface area contributed by atoms with E-state index in [-0.39, 0.29) is 0 Å². The Morgan fingerprint density at radius 2 is 0.635 bits per heavy atom. The van der Waals surface area contributed by atoms with Gasteiger partial charge in [0.1, 0.15) is 0 Å². The molecule has 8 aromatic rings. The molecule has 1 aliphatic carbocycles. The van der Waals surface area contributed by atoms with Gasteiger partial charge in [0.2, 0.25) is 0 Å². The summed E-state index contributed by atoms with van der Waals surface area (Å²) in [5.41, 5.74) is 18.3. The van der Waals surface area contributed by atoms with Gasteiger partial charge in [-0.1, -0.05) is 133 Å². The van der Waals surface area contributed by atoms with Crippen molar-refractivity contribution < 1.29 is 0 Å². The maximum absolute atomic E-state index is 2.39. The van der Waals surface area contributed by atoms with Gasteiger partial charge in [0, 0.05) is 34.1 Å². The molecule has 0 bridgehead atoms. The first-order valence-electron chi connectivity index (χ1n) is 18.0. The van der Waals surface area contributed by atoms with Crippen LogP contribution in [0.3, 0.4) is 0 Å². The van der Waals surface area contributed by atoms with Crippen LogP contribution in [0.15, 0.2) is 200 Å². The fraction of sp³-hybridized carbons (Fsp3) is 0.0400. The number of benzene rings is 8. The zero-order valence-corrected chi connectivity index (χ0v) is 29.2. The van der Waals surface area contributed by atoms with Gasteiger partial charge in [-0.2, -0.15) is 0 Å². The van der Waals surface area contributed by atoms with Gasteiger partial charge in [-0.25, -0.2) is 0 Å². The van der Waals surface area contributed by atoms with E-state index in [1.165, 1.54) is 50.1 Å². The van der Waals surface area contributed by atoms with Gasteiger partial charge < -0.3 is 9.80 Å². The van der Waals surface area contributed by atoms with Crippen molar-refractivity contribution in [1.82, 2.24) is 0 Å². The van der Waals surface area contributed by atoms with Crippen molar-refractivity contribution in [3.05, 3.63) is 217 Å². The summed E-state index contributed by atoms with van der Waals surface area (Å²) in [7, 11) is 0. The van der Waals surface area contributed by atoms with Crippen molar-refractivity contribution >= 4 is 34.1 Å². The van der Waals surface area contributed by atoms with Crippen LogP contribution in [0.25, 0.3) is 33.4 Å². The fourth-order valence-corrected chi connectivity index (χ4v) is 7.49. The molecule has 0 unspecified atom stereocenters. The minimum atomic E-state index is 0.886. The second-order valence-corrected chi connectivity index (χ2v) is 13.5. The molecule has 248 valence electrons. The van der Waals surface area contributed by atoms with Crippen molar-refractivity contribution in [2.45, 2.75) is 13.3 Å². The summed E-state index contributed by atoms with van der Waals surface area (Å²) in [6.45, 7) is 2.14. The molecule has 9 rings (SSSR count). The number of fused-ring (bicyclic) bond motifs is 3. The summed E-state index contributed by atoms with van der Waals surface area (Å²) < 4.78 is 0. The number of nitrogens with zero attached hydrogens (tertiary/aromatic N) is 2. The Bertz CT molecular complexity index is 2450. The summed E-state index contributed by atoms with van der Waals surface area (Å²) >= 11 is 0. The molecule has 8 aromatic carbocycles. The van der Waals surface area contributed by atoms with Gasteiger partial charge in [-0.15, -0.1) is 0 Å². The van der Waals surface area contributed by atoms with Gasteiger partial charge in [0.15, 0.2) is 0 Å². The predicted molar refractivity (Wildman–Crippen MR) is 220 cm³/mol. The summed E-state index contributed by atoms with van der Waals surface area (Å²) in [6, 6.07) is 72.4. The lowest BCUT2D eigenvalue weighted by Crippen LogP contribution is -2.10. The largest absolute Gasteiger partial charge is 0.310 e. The summed E-state index contributed by atoms with van der Waals surface area (Å²) in [5.74, 6) is 0. The molecule has 0 N–H and O–H groups in total. The Balaban J connectivity index is 1.06. The zero-order chi connectivity index (χ0) is 34.9. The average Bonchev–Trinajstić information content (AvgIpc) is 3.58. The van der Waals surface area contributed by atoms with Crippen molar-refractivity contribution in [3.63, 3.8) is 0 Å². The minimum Gasteiger partial charge on any atom is -0.310 e. The molecule has 0 atom stereocenters. The van der Waals surface area contributed by atoms with E-state index in [9.17, 15) is 0 Å². The van der Waals surface area contributed by atoms with Crippen molar-refractivity contribution in [3.8, 4) is 33.4 Å². The molecule has 2 nitrogen and oxygen atoms in total. The van der Waals surface area contributed by atoms with Crippen LogP contribution >= 0.6 is 0 Å². The van der Waals surface area contributed by atoms with E-state index in [0.717, 1.165) is 40.5 Å². The van der Waals surface area contributed by atoms with E-state index in [0.29, 0.717) is 0 Å². The molecule has 0 amide bonds.